The summed E-state index contributed by atoms with van der Waals surface area (Å²) in [6.45, 7) is 13.7. The average molecular weight is 339 g/mol. The molecule has 132 valence electrons. The molecule has 2 bridgehead atoms. The van der Waals surface area contributed by atoms with Crippen molar-refractivity contribution >= 4 is 14.3 Å². The van der Waals surface area contributed by atoms with Gasteiger partial charge in [0, 0.05) is 6.10 Å². The largest absolute Gasteiger partial charge is 0.462 e. The van der Waals surface area contributed by atoms with E-state index in [4.69, 9.17) is 9.16 Å². The van der Waals surface area contributed by atoms with E-state index < -0.39 is 8.32 Å². The average Bonchev–Trinajstić information content (AvgIpc) is 2.95. The number of unbranched alkanes of at least 4 members (excludes halogenated alkanes) is 1. The zero-order chi connectivity index (χ0) is 17.3. The molecule has 0 N–H and O–H groups in total. The second-order valence-corrected chi connectivity index (χ2v) is 13.6. The van der Waals surface area contributed by atoms with Crippen LogP contribution in [0, 0.1) is 11.8 Å². The van der Waals surface area contributed by atoms with Crippen molar-refractivity contribution in [2.24, 2.45) is 11.8 Å². The predicted octanol–water partition coefficient (Wildman–Crippen LogP) is 5.07. The molecular formula is C19H34O3Si. The number of carbonyl (C=O) groups is 1. The van der Waals surface area contributed by atoms with Gasteiger partial charge in [0.15, 0.2) is 8.32 Å². The number of rotatable bonds is 7. The number of carbonyl (C=O) groups excluding carboxylic acids is 1. The van der Waals surface area contributed by atoms with E-state index in [0.717, 1.165) is 32.1 Å². The van der Waals surface area contributed by atoms with Crippen LogP contribution in [0.4, 0.5) is 0 Å². The predicted molar refractivity (Wildman–Crippen MR) is 96.8 cm³/mol. The third-order valence-corrected chi connectivity index (χ3v) is 10.4. The molecule has 2 rings (SSSR count). The first-order valence-electron chi connectivity index (χ1n) is 9.15. The van der Waals surface area contributed by atoms with Gasteiger partial charge in [-0.15, -0.1) is 0 Å². The Bertz CT molecular complexity index is 450. The molecule has 2 fully saturated rings. The Labute approximate surface area is 142 Å². The number of esters is 1. The van der Waals surface area contributed by atoms with Gasteiger partial charge in [-0.2, -0.15) is 0 Å². The van der Waals surface area contributed by atoms with Crippen molar-refractivity contribution in [3.8, 4) is 0 Å². The van der Waals surface area contributed by atoms with Gasteiger partial charge < -0.3 is 9.16 Å². The molecular weight excluding hydrogens is 304 g/mol. The Morgan fingerprint density at radius 1 is 1.35 bits per heavy atom. The Morgan fingerprint density at radius 3 is 2.61 bits per heavy atom. The quantitative estimate of drug-likeness (QED) is 0.281. The molecule has 23 heavy (non-hydrogen) atoms. The Hall–Kier alpha value is -0.613. The molecule has 1 aliphatic heterocycles. The molecule has 1 saturated carbocycles. The molecule has 1 aliphatic carbocycles. The minimum Gasteiger partial charge on any atom is -0.462 e. The smallest absolute Gasteiger partial charge is 0.309 e. The zero-order valence-corrected chi connectivity index (χ0v) is 16.7. The van der Waals surface area contributed by atoms with Gasteiger partial charge >= 0.3 is 5.97 Å². The van der Waals surface area contributed by atoms with Crippen molar-refractivity contribution in [3.63, 3.8) is 0 Å². The Kier molecular flexibility index (Phi) is 5.78. The minimum atomic E-state index is -1.64. The summed E-state index contributed by atoms with van der Waals surface area (Å²) in [6.07, 6.45) is 10.3. The van der Waals surface area contributed by atoms with Crippen molar-refractivity contribution < 1.29 is 14.0 Å². The molecule has 1 heterocycles. The van der Waals surface area contributed by atoms with Gasteiger partial charge in [0.1, 0.15) is 6.10 Å². The van der Waals surface area contributed by atoms with E-state index in [1.54, 1.807) is 0 Å². The van der Waals surface area contributed by atoms with E-state index in [1.807, 2.05) is 0 Å². The van der Waals surface area contributed by atoms with Gasteiger partial charge in [-0.1, -0.05) is 32.9 Å². The molecule has 0 unspecified atom stereocenters. The minimum absolute atomic E-state index is 0.0206. The van der Waals surface area contributed by atoms with E-state index in [-0.39, 0.29) is 23.0 Å². The van der Waals surface area contributed by atoms with Crippen molar-refractivity contribution in [1.82, 2.24) is 0 Å². The van der Waals surface area contributed by atoms with Crippen LogP contribution in [0.5, 0.6) is 0 Å². The van der Waals surface area contributed by atoms with E-state index in [1.165, 1.54) is 0 Å². The summed E-state index contributed by atoms with van der Waals surface area (Å²) in [5.41, 5.74) is 0. The van der Waals surface area contributed by atoms with Crippen molar-refractivity contribution in [1.29, 1.82) is 0 Å². The van der Waals surface area contributed by atoms with Crippen LogP contribution in [0.2, 0.25) is 18.1 Å². The highest BCUT2D eigenvalue weighted by molar-refractivity contribution is 6.74. The number of hydrogen-bond acceptors (Lipinski definition) is 3. The van der Waals surface area contributed by atoms with Crippen LogP contribution in [-0.2, 0) is 14.0 Å². The number of ether oxygens (including phenoxy) is 1. The van der Waals surface area contributed by atoms with Gasteiger partial charge in [0.2, 0.25) is 0 Å². The number of fused-ring (bicyclic) bond motifs is 2. The summed E-state index contributed by atoms with van der Waals surface area (Å²) >= 11 is 0. The van der Waals surface area contributed by atoms with Gasteiger partial charge in [0.25, 0.3) is 0 Å². The molecule has 3 nitrogen and oxygen atoms in total. The van der Waals surface area contributed by atoms with Gasteiger partial charge in [-0.3, -0.25) is 4.79 Å². The van der Waals surface area contributed by atoms with Crippen LogP contribution >= 0.6 is 0 Å². The van der Waals surface area contributed by atoms with Crippen molar-refractivity contribution in [2.75, 3.05) is 0 Å². The molecule has 0 spiro atoms. The maximum Gasteiger partial charge on any atom is 0.309 e. The molecule has 1 saturated heterocycles. The van der Waals surface area contributed by atoms with Crippen LogP contribution in [-0.4, -0.2) is 26.5 Å². The highest BCUT2D eigenvalue weighted by Crippen LogP contribution is 2.42. The normalized spacial score (nSPS) is 29.3. The fourth-order valence-corrected chi connectivity index (χ4v) is 4.86. The highest BCUT2D eigenvalue weighted by Gasteiger charge is 2.46. The van der Waals surface area contributed by atoms with E-state index in [0.29, 0.717) is 12.0 Å². The standard InChI is InChI=1S/C19H34O3Si/c1-14(22-23(5,6)19(2,3)4)10-8-7-9-11-15-12-16-13-17(15)18(20)21-16/h9,11,14-17H,7-8,10,12-13H2,1-6H3/b11-9+/t14-,15+,16-,17-/m0/s1. The fraction of sp³-hybridized carbons (Fsp3) is 0.842. The molecule has 0 aromatic carbocycles. The lowest BCUT2D eigenvalue weighted by Gasteiger charge is -2.38. The van der Waals surface area contributed by atoms with Crippen molar-refractivity contribution in [3.05, 3.63) is 12.2 Å². The first-order valence-corrected chi connectivity index (χ1v) is 12.1. The maximum absolute atomic E-state index is 11.6. The third-order valence-electron chi connectivity index (χ3n) is 5.82. The summed E-state index contributed by atoms with van der Waals surface area (Å²) in [7, 11) is -1.64. The molecule has 4 atom stereocenters. The second-order valence-electron chi connectivity index (χ2n) is 8.85. The first kappa shape index (κ1) is 18.7. The number of hydrogen-bond donors (Lipinski definition) is 0. The zero-order valence-electron chi connectivity index (χ0n) is 15.7. The second kappa shape index (κ2) is 7.10. The fourth-order valence-electron chi connectivity index (χ4n) is 3.39. The van der Waals surface area contributed by atoms with E-state index in [2.05, 4.69) is 52.9 Å². The lowest BCUT2D eigenvalue weighted by Crippen LogP contribution is -2.43. The van der Waals surface area contributed by atoms with E-state index in [9.17, 15) is 4.79 Å². The van der Waals surface area contributed by atoms with E-state index >= 15 is 0 Å². The van der Waals surface area contributed by atoms with Crippen LogP contribution in [0.15, 0.2) is 12.2 Å². The molecule has 0 amide bonds. The monoisotopic (exact) mass is 338 g/mol. The summed E-state index contributed by atoms with van der Waals surface area (Å²) in [5.74, 6) is 0.575. The topological polar surface area (TPSA) is 35.5 Å². The molecule has 4 heteroatoms. The summed E-state index contributed by atoms with van der Waals surface area (Å²) in [4.78, 5) is 11.6. The van der Waals surface area contributed by atoms with Crippen LogP contribution in [0.25, 0.3) is 0 Å². The van der Waals surface area contributed by atoms with Gasteiger partial charge in [0.05, 0.1) is 5.92 Å². The molecule has 0 aromatic rings. The lowest BCUT2D eigenvalue weighted by atomic mass is 9.95. The summed E-state index contributed by atoms with van der Waals surface area (Å²) in [5, 5.41) is 0.275. The summed E-state index contributed by atoms with van der Waals surface area (Å²) in [6, 6.07) is 0. The highest BCUT2D eigenvalue weighted by atomic mass is 28.4. The summed E-state index contributed by atoms with van der Waals surface area (Å²) < 4.78 is 11.6. The lowest BCUT2D eigenvalue weighted by molar-refractivity contribution is -0.149. The molecule has 0 radical (unpaired) electrons. The van der Waals surface area contributed by atoms with Gasteiger partial charge in [-0.05, 0) is 63.1 Å². The number of allylic oxidation sites excluding steroid dienone is 2. The van der Waals surface area contributed by atoms with Crippen LogP contribution in [0.1, 0.15) is 59.8 Å². The van der Waals surface area contributed by atoms with Crippen LogP contribution < -0.4 is 0 Å². The Balaban J connectivity index is 1.66. The third kappa shape index (κ3) is 4.69. The SMILES string of the molecule is C[C@@H](CCC/C=C/[C@@H]1C[C@H]2C[C@@H]1C(=O)O2)O[Si](C)(C)C(C)(C)C. The van der Waals surface area contributed by atoms with Crippen molar-refractivity contribution in [2.45, 2.75) is 90.1 Å². The molecule has 0 aromatic heterocycles. The molecule has 2 aliphatic rings. The maximum atomic E-state index is 11.6. The first-order chi connectivity index (χ1) is 10.6. The Morgan fingerprint density at radius 2 is 2.04 bits per heavy atom. The van der Waals surface area contributed by atoms with Crippen LogP contribution in [0.3, 0.4) is 0 Å². The van der Waals surface area contributed by atoms with Gasteiger partial charge in [-0.25, -0.2) is 0 Å².